The number of fused-ring (bicyclic) bond motifs is 4. The Bertz CT molecular complexity index is 1420. The first kappa shape index (κ1) is 24.5. The van der Waals surface area contributed by atoms with Gasteiger partial charge in [0.25, 0.3) is 5.91 Å². The van der Waals surface area contributed by atoms with E-state index in [1.54, 1.807) is 23.1 Å². The Balaban J connectivity index is 1.45. The predicted octanol–water partition coefficient (Wildman–Crippen LogP) is 4.39. The standard InChI is InChI=1S/C31H30FN3O3/c1-19(2)16-24-26-27(29(37)35(28(26)36)17-20-10-4-3-5-11-20)31(33-24)22-13-7-9-15-25(22)34(30(31)38)18-21-12-6-8-14-23(21)32/h3-15,19,24,26-27,33H,16-18H2,1-2H3/t24-,26-,27+,31+/m1/s1. The number of benzene rings is 3. The van der Waals surface area contributed by atoms with Crippen LogP contribution in [-0.4, -0.2) is 28.7 Å². The number of anilines is 1. The molecule has 1 N–H and O–H groups in total. The monoisotopic (exact) mass is 511 g/mol. The van der Waals surface area contributed by atoms with Crippen molar-refractivity contribution in [3.8, 4) is 0 Å². The van der Waals surface area contributed by atoms with Crippen molar-refractivity contribution in [1.29, 1.82) is 0 Å². The minimum Gasteiger partial charge on any atom is -0.306 e. The van der Waals surface area contributed by atoms with Gasteiger partial charge in [0.15, 0.2) is 0 Å². The zero-order valence-corrected chi connectivity index (χ0v) is 21.4. The van der Waals surface area contributed by atoms with Crippen LogP contribution in [0.1, 0.15) is 37.0 Å². The lowest BCUT2D eigenvalue weighted by atomic mass is 9.76. The molecule has 0 saturated carbocycles. The van der Waals surface area contributed by atoms with Gasteiger partial charge in [0, 0.05) is 22.9 Å². The minimum absolute atomic E-state index is 0.0358. The van der Waals surface area contributed by atoms with Crippen LogP contribution in [0, 0.1) is 23.6 Å². The molecule has 0 radical (unpaired) electrons. The van der Waals surface area contributed by atoms with E-state index in [0.717, 1.165) is 5.56 Å². The number of hydrogen-bond acceptors (Lipinski definition) is 4. The van der Waals surface area contributed by atoms with E-state index in [-0.39, 0.29) is 42.8 Å². The zero-order chi connectivity index (χ0) is 26.6. The van der Waals surface area contributed by atoms with E-state index >= 15 is 0 Å². The van der Waals surface area contributed by atoms with Gasteiger partial charge in [-0.1, -0.05) is 80.6 Å². The van der Waals surface area contributed by atoms with E-state index in [9.17, 15) is 18.8 Å². The molecule has 3 aromatic rings. The zero-order valence-electron chi connectivity index (χ0n) is 21.4. The molecule has 1 spiro atoms. The Morgan fingerprint density at radius 2 is 1.53 bits per heavy atom. The van der Waals surface area contributed by atoms with Crippen molar-refractivity contribution in [2.24, 2.45) is 17.8 Å². The SMILES string of the molecule is CC(C)C[C@H]1N[C@]2(C(=O)N(Cc3ccccc3F)c3ccccc32)[C@@H]2C(=O)N(Cc3ccccc3)C(=O)[C@@H]21. The van der Waals surface area contributed by atoms with Crippen LogP contribution in [-0.2, 0) is 33.0 Å². The number of likely N-dealkylation sites (tertiary alicyclic amines) is 1. The summed E-state index contributed by atoms with van der Waals surface area (Å²) in [5.41, 5.74) is 1.17. The normalized spacial score (nSPS) is 26.1. The molecular weight excluding hydrogens is 481 g/mol. The number of halogens is 1. The van der Waals surface area contributed by atoms with Crippen molar-refractivity contribution in [2.75, 3.05) is 4.90 Å². The Morgan fingerprint density at radius 3 is 2.26 bits per heavy atom. The first-order chi connectivity index (χ1) is 18.3. The Kier molecular flexibility index (Phi) is 5.91. The molecular formula is C31H30FN3O3. The van der Waals surface area contributed by atoms with Gasteiger partial charge in [0.05, 0.1) is 24.9 Å². The third-order valence-electron chi connectivity index (χ3n) is 8.15. The van der Waals surface area contributed by atoms with Gasteiger partial charge in [0.1, 0.15) is 11.4 Å². The van der Waals surface area contributed by atoms with E-state index in [2.05, 4.69) is 19.2 Å². The number of amides is 3. The summed E-state index contributed by atoms with van der Waals surface area (Å²) in [6.07, 6.45) is 0.643. The lowest BCUT2D eigenvalue weighted by Gasteiger charge is -2.31. The third-order valence-corrected chi connectivity index (χ3v) is 8.15. The number of nitrogens with zero attached hydrogens (tertiary/aromatic N) is 2. The molecule has 194 valence electrons. The molecule has 7 heteroatoms. The molecule has 6 rings (SSSR count). The number of rotatable bonds is 6. The molecule has 0 bridgehead atoms. The molecule has 3 amide bonds. The van der Waals surface area contributed by atoms with Crippen molar-refractivity contribution < 1.29 is 18.8 Å². The molecule has 0 unspecified atom stereocenters. The number of nitrogens with one attached hydrogen (secondary N) is 1. The van der Waals surface area contributed by atoms with Gasteiger partial charge < -0.3 is 4.90 Å². The Hall–Kier alpha value is -3.84. The van der Waals surface area contributed by atoms with E-state index in [1.807, 2.05) is 54.6 Å². The highest BCUT2D eigenvalue weighted by molar-refractivity contribution is 6.16. The van der Waals surface area contributed by atoms with E-state index in [1.165, 1.54) is 11.0 Å². The number of para-hydroxylation sites is 1. The van der Waals surface area contributed by atoms with Crippen LogP contribution in [0.2, 0.25) is 0 Å². The van der Waals surface area contributed by atoms with Crippen molar-refractivity contribution in [2.45, 2.75) is 44.9 Å². The fourth-order valence-electron chi connectivity index (χ4n) is 6.59. The molecule has 38 heavy (non-hydrogen) atoms. The van der Waals surface area contributed by atoms with Gasteiger partial charge in [-0.15, -0.1) is 0 Å². The van der Waals surface area contributed by atoms with Crippen LogP contribution >= 0.6 is 0 Å². The molecule has 2 saturated heterocycles. The predicted molar refractivity (Wildman–Crippen MR) is 141 cm³/mol. The fourth-order valence-corrected chi connectivity index (χ4v) is 6.59. The highest BCUT2D eigenvalue weighted by atomic mass is 19.1. The fraction of sp³-hybridized carbons (Fsp3) is 0.323. The molecule has 6 nitrogen and oxygen atoms in total. The number of carbonyl (C=O) groups is 3. The summed E-state index contributed by atoms with van der Waals surface area (Å²) in [7, 11) is 0. The molecule has 2 fully saturated rings. The van der Waals surface area contributed by atoms with E-state index in [4.69, 9.17) is 0 Å². The second kappa shape index (κ2) is 9.17. The van der Waals surface area contributed by atoms with Crippen molar-refractivity contribution in [3.63, 3.8) is 0 Å². The van der Waals surface area contributed by atoms with Crippen LogP contribution in [0.25, 0.3) is 0 Å². The molecule has 4 atom stereocenters. The summed E-state index contributed by atoms with van der Waals surface area (Å²) in [4.78, 5) is 45.3. The van der Waals surface area contributed by atoms with Gasteiger partial charge in [-0.05, 0) is 30.0 Å². The van der Waals surface area contributed by atoms with Crippen molar-refractivity contribution >= 4 is 23.4 Å². The number of hydrogen-bond donors (Lipinski definition) is 1. The van der Waals surface area contributed by atoms with Crippen LogP contribution in [0.15, 0.2) is 78.9 Å². The second-order valence-corrected chi connectivity index (χ2v) is 10.9. The van der Waals surface area contributed by atoms with Gasteiger partial charge in [-0.2, -0.15) is 0 Å². The molecule has 3 aliphatic heterocycles. The largest absolute Gasteiger partial charge is 0.306 e. The maximum Gasteiger partial charge on any atom is 0.253 e. The topological polar surface area (TPSA) is 69.7 Å². The number of imide groups is 1. The van der Waals surface area contributed by atoms with Gasteiger partial charge in [0.2, 0.25) is 11.8 Å². The van der Waals surface area contributed by atoms with Crippen molar-refractivity contribution in [3.05, 3.63) is 101 Å². The highest BCUT2D eigenvalue weighted by Gasteiger charge is 2.71. The maximum absolute atomic E-state index is 14.6. The van der Waals surface area contributed by atoms with Crippen LogP contribution in [0.5, 0.6) is 0 Å². The minimum atomic E-state index is -1.38. The summed E-state index contributed by atoms with van der Waals surface area (Å²) >= 11 is 0. The lowest BCUT2D eigenvalue weighted by molar-refractivity contribution is -0.143. The molecule has 0 aliphatic carbocycles. The Morgan fingerprint density at radius 1 is 0.842 bits per heavy atom. The molecule has 3 heterocycles. The number of carbonyl (C=O) groups excluding carboxylic acids is 3. The average Bonchev–Trinajstić information content (AvgIpc) is 3.45. The van der Waals surface area contributed by atoms with E-state index in [0.29, 0.717) is 23.2 Å². The third kappa shape index (κ3) is 3.60. The van der Waals surface area contributed by atoms with E-state index < -0.39 is 23.2 Å². The lowest BCUT2D eigenvalue weighted by Crippen LogP contribution is -2.55. The summed E-state index contributed by atoms with van der Waals surface area (Å²) in [5, 5.41) is 3.53. The van der Waals surface area contributed by atoms with Crippen LogP contribution < -0.4 is 10.2 Å². The first-order valence-electron chi connectivity index (χ1n) is 13.1. The second-order valence-electron chi connectivity index (χ2n) is 10.9. The molecule has 3 aliphatic rings. The quantitative estimate of drug-likeness (QED) is 0.499. The van der Waals surface area contributed by atoms with Gasteiger partial charge >= 0.3 is 0 Å². The van der Waals surface area contributed by atoms with Gasteiger partial charge in [-0.3, -0.25) is 24.6 Å². The first-order valence-corrected chi connectivity index (χ1v) is 13.1. The molecule has 3 aromatic carbocycles. The smallest absolute Gasteiger partial charge is 0.253 e. The summed E-state index contributed by atoms with van der Waals surface area (Å²) < 4.78 is 14.6. The van der Waals surface area contributed by atoms with Gasteiger partial charge in [-0.25, -0.2) is 4.39 Å². The Labute approximate surface area is 221 Å². The maximum atomic E-state index is 14.6. The summed E-state index contributed by atoms with van der Waals surface area (Å²) in [6.45, 7) is 4.35. The highest BCUT2D eigenvalue weighted by Crippen LogP contribution is 2.55. The van der Waals surface area contributed by atoms with Crippen molar-refractivity contribution in [1.82, 2.24) is 10.2 Å². The van der Waals surface area contributed by atoms with Crippen LogP contribution in [0.3, 0.4) is 0 Å². The summed E-state index contributed by atoms with van der Waals surface area (Å²) in [6, 6.07) is 22.8. The average molecular weight is 512 g/mol. The molecule has 0 aromatic heterocycles. The summed E-state index contributed by atoms with van der Waals surface area (Å²) in [5.74, 6) is -2.56. The van der Waals surface area contributed by atoms with Crippen LogP contribution in [0.4, 0.5) is 10.1 Å².